The first-order valence-corrected chi connectivity index (χ1v) is 9.49. The average Bonchev–Trinajstić information content (AvgIpc) is 2.81. The van der Waals surface area contributed by atoms with Gasteiger partial charge in [-0.05, 0) is 57.2 Å². The molecule has 1 aromatic rings. The molecule has 0 spiro atoms. The molecule has 0 aromatic carbocycles. The number of hydrogen-bond acceptors (Lipinski definition) is 4. The molecule has 0 radical (unpaired) electrons. The third kappa shape index (κ3) is 3.94. The summed E-state index contributed by atoms with van der Waals surface area (Å²) in [6.45, 7) is 4.80. The molecule has 0 N–H and O–H groups in total. The van der Waals surface area contributed by atoms with Crippen molar-refractivity contribution < 1.29 is 4.79 Å². The highest BCUT2D eigenvalue weighted by Crippen LogP contribution is 2.30. The molecule has 1 aromatic heterocycles. The zero-order chi connectivity index (χ0) is 16.2. The van der Waals surface area contributed by atoms with Gasteiger partial charge in [-0.25, -0.2) is 0 Å². The lowest BCUT2D eigenvalue weighted by molar-refractivity contribution is -0.136. The fraction of sp³-hybridized carbons (Fsp3) is 0.667. The van der Waals surface area contributed by atoms with Crippen molar-refractivity contribution in [3.05, 3.63) is 21.9 Å². The lowest BCUT2D eigenvalue weighted by Crippen LogP contribution is -2.49. The Balaban J connectivity index is 1.58. The quantitative estimate of drug-likeness (QED) is 0.850. The molecule has 5 heteroatoms. The highest BCUT2D eigenvalue weighted by atomic mass is 32.1. The highest BCUT2D eigenvalue weighted by molar-refractivity contribution is 7.12. The average molecular weight is 331 g/mol. The Labute approximate surface area is 142 Å². The first kappa shape index (κ1) is 16.5. The van der Waals surface area contributed by atoms with Gasteiger partial charge in [-0.1, -0.05) is 0 Å². The van der Waals surface area contributed by atoms with Gasteiger partial charge in [0.05, 0.1) is 0 Å². The Hall–Kier alpha value is -1.38. The number of carbonyl (C=O) groups excluding carboxylic acids is 1. The summed E-state index contributed by atoms with van der Waals surface area (Å²) in [6, 6.07) is 7.11. The number of thiophene rings is 1. The largest absolute Gasteiger partial charge is 0.337 e. The normalized spacial score (nSPS) is 22.9. The summed E-state index contributed by atoms with van der Waals surface area (Å²) in [5.41, 5.74) is 0. The van der Waals surface area contributed by atoms with E-state index in [2.05, 4.69) is 21.9 Å². The zero-order valence-electron chi connectivity index (χ0n) is 13.8. The van der Waals surface area contributed by atoms with Crippen molar-refractivity contribution in [1.29, 1.82) is 5.26 Å². The smallest absolute Gasteiger partial charge is 0.219 e. The number of hydrogen-bond donors (Lipinski definition) is 0. The second kappa shape index (κ2) is 7.46. The topological polar surface area (TPSA) is 47.3 Å². The molecule has 2 heterocycles. The van der Waals surface area contributed by atoms with Gasteiger partial charge >= 0.3 is 0 Å². The van der Waals surface area contributed by atoms with Crippen molar-refractivity contribution in [2.75, 3.05) is 13.1 Å². The fourth-order valence-electron chi connectivity index (χ4n) is 3.80. The maximum Gasteiger partial charge on any atom is 0.219 e. The first-order valence-electron chi connectivity index (χ1n) is 8.67. The van der Waals surface area contributed by atoms with Crippen LogP contribution < -0.4 is 0 Å². The number of likely N-dealkylation sites (tertiary alicyclic amines) is 1. The summed E-state index contributed by atoms with van der Waals surface area (Å²) in [6.07, 6.45) is 7.00. The Kier molecular flexibility index (Phi) is 5.34. The van der Waals surface area contributed by atoms with Crippen LogP contribution in [0, 0.1) is 11.3 Å². The van der Waals surface area contributed by atoms with Crippen LogP contribution in [-0.2, 0) is 11.3 Å². The zero-order valence-corrected chi connectivity index (χ0v) is 14.6. The summed E-state index contributed by atoms with van der Waals surface area (Å²) >= 11 is 1.60. The van der Waals surface area contributed by atoms with E-state index in [0.717, 1.165) is 43.8 Å². The van der Waals surface area contributed by atoms with Crippen molar-refractivity contribution >= 4 is 17.2 Å². The molecule has 1 atom stereocenters. The monoisotopic (exact) mass is 331 g/mol. The van der Waals surface area contributed by atoms with Gasteiger partial charge in [0.15, 0.2) is 0 Å². The first-order chi connectivity index (χ1) is 11.2. The van der Waals surface area contributed by atoms with Gasteiger partial charge in [-0.15, -0.1) is 11.3 Å². The van der Waals surface area contributed by atoms with Gasteiger partial charge in [0.25, 0.3) is 0 Å². The number of nitrogens with zero attached hydrogens (tertiary/aromatic N) is 3. The molecule has 2 aliphatic rings. The highest BCUT2D eigenvalue weighted by Gasteiger charge is 2.33. The van der Waals surface area contributed by atoms with Gasteiger partial charge in [-0.2, -0.15) is 5.26 Å². The predicted molar refractivity (Wildman–Crippen MR) is 92.1 cm³/mol. The third-order valence-electron chi connectivity index (χ3n) is 5.17. The van der Waals surface area contributed by atoms with Crippen LogP contribution in [0.1, 0.15) is 55.2 Å². The minimum atomic E-state index is 0.255. The van der Waals surface area contributed by atoms with Crippen molar-refractivity contribution in [3.63, 3.8) is 0 Å². The molecular weight excluding hydrogens is 306 g/mol. The van der Waals surface area contributed by atoms with Gasteiger partial charge < -0.3 is 4.90 Å². The molecule has 23 heavy (non-hydrogen) atoms. The second-order valence-corrected chi connectivity index (χ2v) is 7.92. The molecule has 1 saturated carbocycles. The summed E-state index contributed by atoms with van der Waals surface area (Å²) in [5.74, 6) is 0.255. The number of nitriles is 1. The SMILES string of the molecule is CC(=O)N(C1CCC1)C1CCCN(Cc2ccc(C#N)s2)CC1. The van der Waals surface area contributed by atoms with Gasteiger partial charge in [0.1, 0.15) is 10.9 Å². The number of carbonyl (C=O) groups is 1. The van der Waals surface area contributed by atoms with E-state index in [0.29, 0.717) is 12.1 Å². The number of rotatable bonds is 4. The Morgan fingerprint density at radius 2 is 2.00 bits per heavy atom. The third-order valence-corrected chi connectivity index (χ3v) is 6.14. The molecule has 0 bridgehead atoms. The van der Waals surface area contributed by atoms with Crippen molar-refractivity contribution in [1.82, 2.24) is 9.80 Å². The van der Waals surface area contributed by atoms with Crippen LogP contribution >= 0.6 is 11.3 Å². The fourth-order valence-corrected chi connectivity index (χ4v) is 4.64. The van der Waals surface area contributed by atoms with Gasteiger partial charge in [0.2, 0.25) is 5.91 Å². The molecule has 1 saturated heterocycles. The maximum absolute atomic E-state index is 12.1. The summed E-state index contributed by atoms with van der Waals surface area (Å²) in [5, 5.41) is 8.94. The van der Waals surface area contributed by atoms with Crippen LogP contribution in [0.15, 0.2) is 12.1 Å². The second-order valence-electron chi connectivity index (χ2n) is 6.75. The van der Waals surface area contributed by atoms with E-state index in [1.165, 1.54) is 24.1 Å². The number of amides is 1. The molecule has 3 rings (SSSR count). The van der Waals surface area contributed by atoms with Crippen molar-refractivity contribution in [2.45, 2.75) is 64.1 Å². The van der Waals surface area contributed by atoms with Crippen LogP contribution in [0.4, 0.5) is 0 Å². The summed E-state index contributed by atoms with van der Waals surface area (Å²) < 4.78 is 0. The Morgan fingerprint density at radius 3 is 2.61 bits per heavy atom. The van der Waals surface area contributed by atoms with Crippen molar-refractivity contribution in [2.24, 2.45) is 0 Å². The Morgan fingerprint density at radius 1 is 1.26 bits per heavy atom. The van der Waals surface area contributed by atoms with E-state index in [1.807, 2.05) is 6.07 Å². The lowest BCUT2D eigenvalue weighted by atomic mass is 9.89. The van der Waals surface area contributed by atoms with E-state index in [-0.39, 0.29) is 5.91 Å². The predicted octanol–water partition coefficient (Wildman–Crippen LogP) is 3.38. The van der Waals surface area contributed by atoms with Crippen LogP contribution in [0.3, 0.4) is 0 Å². The maximum atomic E-state index is 12.1. The van der Waals surface area contributed by atoms with Crippen LogP contribution in [0.25, 0.3) is 0 Å². The minimum absolute atomic E-state index is 0.255. The summed E-state index contributed by atoms with van der Waals surface area (Å²) in [4.78, 5) is 18.8. The molecular formula is C18H25N3OS. The molecule has 4 nitrogen and oxygen atoms in total. The van der Waals surface area contributed by atoms with E-state index in [4.69, 9.17) is 5.26 Å². The molecule has 1 aliphatic heterocycles. The van der Waals surface area contributed by atoms with Crippen LogP contribution in [0.5, 0.6) is 0 Å². The molecule has 1 amide bonds. The van der Waals surface area contributed by atoms with E-state index in [1.54, 1.807) is 18.3 Å². The Bertz CT molecular complexity index is 587. The standard InChI is InChI=1S/C18H25N3OS/c1-14(22)21(15-4-2-5-15)16-6-3-10-20(11-9-16)13-18-8-7-17(12-19)23-18/h7-8,15-16H,2-6,9-11,13H2,1H3. The van der Waals surface area contributed by atoms with E-state index in [9.17, 15) is 4.79 Å². The van der Waals surface area contributed by atoms with E-state index < -0.39 is 0 Å². The molecule has 1 aliphatic carbocycles. The minimum Gasteiger partial charge on any atom is -0.337 e. The van der Waals surface area contributed by atoms with Gasteiger partial charge in [-0.3, -0.25) is 9.69 Å². The van der Waals surface area contributed by atoms with Gasteiger partial charge in [0, 0.05) is 37.0 Å². The lowest BCUT2D eigenvalue weighted by Gasteiger charge is -2.42. The molecule has 124 valence electrons. The molecule has 1 unspecified atom stereocenters. The molecule has 2 fully saturated rings. The van der Waals surface area contributed by atoms with Crippen molar-refractivity contribution in [3.8, 4) is 6.07 Å². The summed E-state index contributed by atoms with van der Waals surface area (Å²) in [7, 11) is 0. The van der Waals surface area contributed by atoms with Crippen LogP contribution in [-0.4, -0.2) is 40.9 Å². The van der Waals surface area contributed by atoms with Crippen LogP contribution in [0.2, 0.25) is 0 Å². The van der Waals surface area contributed by atoms with E-state index >= 15 is 0 Å².